The number of aliphatic imine (C=N–C) groups is 1. The summed E-state index contributed by atoms with van der Waals surface area (Å²) in [6.07, 6.45) is -0.164. The van der Waals surface area contributed by atoms with Gasteiger partial charge in [-0.05, 0) is 37.3 Å². The van der Waals surface area contributed by atoms with E-state index in [0.717, 1.165) is 5.75 Å². The summed E-state index contributed by atoms with van der Waals surface area (Å²) in [7, 11) is 0. The zero-order chi connectivity index (χ0) is 19.1. The molecular weight excluding hydrogens is 347 g/mol. The molecule has 1 unspecified atom stereocenters. The summed E-state index contributed by atoms with van der Waals surface area (Å²) in [6, 6.07) is 13.8. The SMILES string of the molecule is CCNC(=NCc1cc(C#N)ccc1F)NCC1COc2ccccc2O1. The van der Waals surface area contributed by atoms with Crippen molar-refractivity contribution in [3.05, 3.63) is 59.4 Å². The van der Waals surface area contributed by atoms with Crippen molar-refractivity contribution in [2.24, 2.45) is 4.99 Å². The van der Waals surface area contributed by atoms with Crippen LogP contribution in [0.4, 0.5) is 4.39 Å². The van der Waals surface area contributed by atoms with Gasteiger partial charge in [0.25, 0.3) is 0 Å². The maximum atomic E-state index is 13.9. The van der Waals surface area contributed by atoms with Crippen LogP contribution < -0.4 is 20.1 Å². The van der Waals surface area contributed by atoms with Crippen molar-refractivity contribution in [1.82, 2.24) is 10.6 Å². The molecule has 6 nitrogen and oxygen atoms in total. The van der Waals surface area contributed by atoms with Crippen molar-refractivity contribution in [2.45, 2.75) is 19.6 Å². The summed E-state index contributed by atoms with van der Waals surface area (Å²) >= 11 is 0. The van der Waals surface area contributed by atoms with Crippen molar-refractivity contribution in [3.8, 4) is 17.6 Å². The molecule has 0 aromatic heterocycles. The van der Waals surface area contributed by atoms with Crippen molar-refractivity contribution >= 4 is 5.96 Å². The first-order chi connectivity index (χ1) is 13.2. The summed E-state index contributed by atoms with van der Waals surface area (Å²) in [6.45, 7) is 3.66. The minimum atomic E-state index is -0.380. The largest absolute Gasteiger partial charge is 0.486 e. The molecule has 7 heteroatoms. The molecule has 0 radical (unpaired) electrons. The molecule has 0 bridgehead atoms. The first-order valence-electron chi connectivity index (χ1n) is 8.78. The molecular formula is C20H21FN4O2. The quantitative estimate of drug-likeness (QED) is 0.627. The van der Waals surface area contributed by atoms with Crippen LogP contribution >= 0.6 is 0 Å². The highest BCUT2D eigenvalue weighted by Crippen LogP contribution is 2.30. The molecule has 3 rings (SSSR count). The van der Waals surface area contributed by atoms with E-state index >= 15 is 0 Å². The Bertz CT molecular complexity index is 863. The fourth-order valence-electron chi connectivity index (χ4n) is 2.65. The maximum Gasteiger partial charge on any atom is 0.191 e. The predicted molar refractivity (Wildman–Crippen MR) is 100 cm³/mol. The molecule has 0 aliphatic carbocycles. The molecule has 0 spiro atoms. The van der Waals surface area contributed by atoms with E-state index < -0.39 is 0 Å². The molecule has 140 valence electrons. The summed E-state index contributed by atoms with van der Waals surface area (Å²) in [5, 5.41) is 15.3. The number of benzene rings is 2. The summed E-state index contributed by atoms with van der Waals surface area (Å²) in [4.78, 5) is 4.40. The lowest BCUT2D eigenvalue weighted by molar-refractivity contribution is 0.0936. The molecule has 27 heavy (non-hydrogen) atoms. The van der Waals surface area contributed by atoms with Gasteiger partial charge in [-0.1, -0.05) is 12.1 Å². The second-order valence-corrected chi connectivity index (χ2v) is 5.99. The van der Waals surface area contributed by atoms with E-state index in [1.165, 1.54) is 18.2 Å². The van der Waals surface area contributed by atoms with E-state index in [1.807, 2.05) is 37.3 Å². The number of ether oxygens (including phenoxy) is 2. The Hall–Kier alpha value is -3.27. The smallest absolute Gasteiger partial charge is 0.191 e. The molecule has 1 aliphatic rings. The average Bonchev–Trinajstić information content (AvgIpc) is 2.71. The summed E-state index contributed by atoms with van der Waals surface area (Å²) in [5.74, 6) is 1.62. The van der Waals surface area contributed by atoms with Crippen LogP contribution in [-0.4, -0.2) is 31.8 Å². The lowest BCUT2D eigenvalue weighted by Crippen LogP contribution is -2.45. The standard InChI is InChI=1S/C20H21FN4O2/c1-2-23-20(24-11-15-9-14(10-22)7-8-17(15)21)25-12-16-13-26-18-5-3-4-6-19(18)27-16/h3-9,16H,2,11-13H2,1H3,(H2,23,24,25). The van der Waals surface area contributed by atoms with E-state index in [1.54, 1.807) is 0 Å². The second kappa shape index (κ2) is 8.90. The molecule has 1 aliphatic heterocycles. The first kappa shape index (κ1) is 18.5. The van der Waals surface area contributed by atoms with Crippen molar-refractivity contribution in [2.75, 3.05) is 19.7 Å². The highest BCUT2D eigenvalue weighted by molar-refractivity contribution is 5.79. The molecule has 2 aromatic carbocycles. The fraction of sp³-hybridized carbons (Fsp3) is 0.300. The first-order valence-corrected chi connectivity index (χ1v) is 8.78. The molecule has 1 atom stereocenters. The molecule has 1 heterocycles. The van der Waals surface area contributed by atoms with Gasteiger partial charge in [0.1, 0.15) is 18.5 Å². The highest BCUT2D eigenvalue weighted by Gasteiger charge is 2.20. The minimum Gasteiger partial charge on any atom is -0.486 e. The lowest BCUT2D eigenvalue weighted by Gasteiger charge is -2.27. The molecule has 0 amide bonds. The number of para-hydroxylation sites is 2. The number of hydrogen-bond acceptors (Lipinski definition) is 4. The molecule has 0 saturated heterocycles. The van der Waals surface area contributed by atoms with Crippen LogP contribution in [0.15, 0.2) is 47.5 Å². The number of nitriles is 1. The van der Waals surface area contributed by atoms with E-state index in [-0.39, 0.29) is 18.5 Å². The van der Waals surface area contributed by atoms with Crippen LogP contribution in [0.2, 0.25) is 0 Å². The molecule has 0 saturated carbocycles. The number of nitrogens with one attached hydrogen (secondary N) is 2. The molecule has 2 N–H and O–H groups in total. The Morgan fingerprint density at radius 1 is 1.26 bits per heavy atom. The number of rotatable bonds is 5. The van der Waals surface area contributed by atoms with E-state index in [9.17, 15) is 4.39 Å². The monoisotopic (exact) mass is 368 g/mol. The van der Waals surface area contributed by atoms with Gasteiger partial charge < -0.3 is 20.1 Å². The Kier molecular flexibility index (Phi) is 6.10. The van der Waals surface area contributed by atoms with Gasteiger partial charge in [0.05, 0.1) is 24.7 Å². The Morgan fingerprint density at radius 2 is 2.07 bits per heavy atom. The number of nitrogens with zero attached hydrogens (tertiary/aromatic N) is 2. The lowest BCUT2D eigenvalue weighted by atomic mass is 10.1. The van der Waals surface area contributed by atoms with Gasteiger partial charge in [-0.2, -0.15) is 5.26 Å². The predicted octanol–water partition coefficient (Wildman–Crippen LogP) is 2.59. The summed E-state index contributed by atoms with van der Waals surface area (Å²) < 4.78 is 25.5. The average molecular weight is 368 g/mol. The Morgan fingerprint density at radius 3 is 2.85 bits per heavy atom. The third kappa shape index (κ3) is 4.88. The molecule has 0 fully saturated rings. The van der Waals surface area contributed by atoms with Gasteiger partial charge in [-0.15, -0.1) is 0 Å². The summed E-state index contributed by atoms with van der Waals surface area (Å²) in [5.41, 5.74) is 0.781. The van der Waals surface area contributed by atoms with Gasteiger partial charge in [0.2, 0.25) is 0 Å². The minimum absolute atomic E-state index is 0.127. The van der Waals surface area contributed by atoms with Crippen LogP contribution in [0.25, 0.3) is 0 Å². The third-order valence-corrected chi connectivity index (χ3v) is 3.99. The van der Waals surface area contributed by atoms with Crippen LogP contribution in [-0.2, 0) is 6.54 Å². The number of fused-ring (bicyclic) bond motifs is 1. The van der Waals surface area contributed by atoms with Gasteiger partial charge in [-0.3, -0.25) is 0 Å². The second-order valence-electron chi connectivity index (χ2n) is 5.99. The van der Waals surface area contributed by atoms with Gasteiger partial charge >= 0.3 is 0 Å². The van der Waals surface area contributed by atoms with Crippen LogP contribution in [0, 0.1) is 17.1 Å². The Balaban J connectivity index is 1.61. The molecule has 2 aromatic rings. The maximum absolute atomic E-state index is 13.9. The van der Waals surface area contributed by atoms with Crippen LogP contribution in [0.5, 0.6) is 11.5 Å². The van der Waals surface area contributed by atoms with Crippen LogP contribution in [0.1, 0.15) is 18.1 Å². The Labute approximate surface area is 157 Å². The zero-order valence-electron chi connectivity index (χ0n) is 15.0. The van der Waals surface area contributed by atoms with E-state index in [4.69, 9.17) is 14.7 Å². The fourth-order valence-corrected chi connectivity index (χ4v) is 2.65. The van der Waals surface area contributed by atoms with Gasteiger partial charge in [0, 0.05) is 12.1 Å². The highest BCUT2D eigenvalue weighted by atomic mass is 19.1. The third-order valence-electron chi connectivity index (χ3n) is 3.99. The van der Waals surface area contributed by atoms with Crippen molar-refractivity contribution in [1.29, 1.82) is 5.26 Å². The zero-order valence-corrected chi connectivity index (χ0v) is 15.0. The van der Waals surface area contributed by atoms with E-state index in [2.05, 4.69) is 15.6 Å². The topological polar surface area (TPSA) is 78.7 Å². The van der Waals surface area contributed by atoms with Gasteiger partial charge in [0.15, 0.2) is 17.5 Å². The van der Waals surface area contributed by atoms with Crippen LogP contribution in [0.3, 0.4) is 0 Å². The number of halogens is 1. The van der Waals surface area contributed by atoms with E-state index in [0.29, 0.717) is 42.5 Å². The number of hydrogen-bond donors (Lipinski definition) is 2. The normalized spacial score (nSPS) is 15.7. The van der Waals surface area contributed by atoms with Crippen molar-refractivity contribution in [3.63, 3.8) is 0 Å². The number of guanidine groups is 1. The van der Waals surface area contributed by atoms with Gasteiger partial charge in [-0.25, -0.2) is 9.38 Å². The van der Waals surface area contributed by atoms with Crippen molar-refractivity contribution < 1.29 is 13.9 Å².